The van der Waals surface area contributed by atoms with Crippen molar-refractivity contribution in [2.75, 3.05) is 38.2 Å². The van der Waals surface area contributed by atoms with E-state index in [9.17, 15) is 17.6 Å². The second-order valence-electron chi connectivity index (χ2n) is 26.3. The molecule has 0 aromatic heterocycles. The second-order valence-corrected chi connectivity index (χ2v) is 26.3. The number of quaternary nitrogens is 1. The largest absolute Gasteiger partial charge is 0.496 e. The quantitative estimate of drug-likeness (QED) is 0.0854. The van der Waals surface area contributed by atoms with Gasteiger partial charge in [0.05, 0.1) is 33.3 Å². The van der Waals surface area contributed by atoms with Crippen molar-refractivity contribution in [2.24, 2.45) is 0 Å². The molecule has 13 rings (SSSR count). The molecule has 1 saturated heterocycles. The van der Waals surface area contributed by atoms with Crippen molar-refractivity contribution in [3.8, 4) is 83.6 Å². The summed E-state index contributed by atoms with van der Waals surface area (Å²) in [5.41, 5.74) is 7.57. The van der Waals surface area contributed by atoms with Gasteiger partial charge in [-0.25, -0.2) is 52.7 Å². The smallest absolute Gasteiger partial charge is 0.194 e. The molecule has 2 heterocycles. The fraction of sp³-hybridized carbons (Fsp3) is 0.195. The molecule has 92 heavy (non-hydrogen) atoms. The fourth-order valence-corrected chi connectivity index (χ4v) is 13.6. The maximum absolute atomic E-state index is 15.4. The minimum Gasteiger partial charge on any atom is -0.496 e. The zero-order valence-corrected chi connectivity index (χ0v) is 51.1. The molecule has 11 aromatic carbocycles. The maximum Gasteiger partial charge on any atom is 0.194 e. The molecule has 0 bridgehead atoms. The molecule has 2 aliphatic rings. The van der Waals surface area contributed by atoms with E-state index in [1.165, 1.54) is 12.1 Å². The van der Waals surface area contributed by atoms with Gasteiger partial charge in [-0.2, -0.15) is 0 Å². The number of piperazine rings is 1. The van der Waals surface area contributed by atoms with Crippen LogP contribution in [0, 0.1) is 69.8 Å². The van der Waals surface area contributed by atoms with E-state index < -0.39 is 69.8 Å². The molecular formula is C77H59F12N2O+. The molecule has 0 radical (unpaired) electrons. The summed E-state index contributed by atoms with van der Waals surface area (Å²) >= 11 is 0. The van der Waals surface area contributed by atoms with Crippen molar-refractivity contribution in [3.63, 3.8) is 0 Å². The van der Waals surface area contributed by atoms with Crippen LogP contribution in [-0.2, 0) is 23.9 Å². The number of fused-ring (bicyclic) bond motifs is 7. The fourth-order valence-electron chi connectivity index (χ4n) is 13.6. The number of rotatable bonds is 8. The van der Waals surface area contributed by atoms with E-state index in [1.807, 2.05) is 60.7 Å². The summed E-state index contributed by atoms with van der Waals surface area (Å²) in [6.45, 7) is 15.5. The van der Waals surface area contributed by atoms with E-state index >= 15 is 35.1 Å². The molecule has 0 aliphatic carbocycles. The van der Waals surface area contributed by atoms with E-state index in [4.69, 9.17) is 4.74 Å². The van der Waals surface area contributed by atoms with Crippen LogP contribution in [0.5, 0.6) is 5.75 Å². The van der Waals surface area contributed by atoms with Gasteiger partial charge < -0.3 is 14.1 Å². The average Bonchev–Trinajstić information content (AvgIpc) is 1.42. The number of halogens is 12. The third-order valence-corrected chi connectivity index (χ3v) is 18.3. The SMILES string of the molecule is COc1c(C(C)(C)C)cc(N2CC[N+]3(CC2)Cc2c(-c4cc(-c5cc(F)c(F)c(F)c5)cc(-c5cc(F)c(F)c(F)c5)c4)cc4ccccc4c2-c2c(c(-c4cc(-c5cc(F)c(F)c(F)c5)cc(-c5cc(F)c(F)c(F)c5)c4)cc4ccccc24)C3)cc1C(C)(C)C. The minimum atomic E-state index is -1.71. The molecule has 0 saturated carbocycles. The highest BCUT2D eigenvalue weighted by atomic mass is 19.2. The van der Waals surface area contributed by atoms with Gasteiger partial charge in [-0.15, -0.1) is 0 Å². The first kappa shape index (κ1) is 61.5. The van der Waals surface area contributed by atoms with Gasteiger partial charge >= 0.3 is 0 Å². The highest BCUT2D eigenvalue weighted by Crippen LogP contribution is 2.53. The van der Waals surface area contributed by atoms with E-state index in [2.05, 4.69) is 58.6 Å². The average molecular weight is 1260 g/mol. The summed E-state index contributed by atoms with van der Waals surface area (Å²) in [7, 11) is 1.68. The molecule has 2 aliphatic heterocycles. The van der Waals surface area contributed by atoms with Gasteiger partial charge in [0, 0.05) is 39.1 Å². The van der Waals surface area contributed by atoms with Crippen molar-refractivity contribution < 1.29 is 61.9 Å². The minimum absolute atomic E-state index is 0.110. The van der Waals surface area contributed by atoms with Crippen molar-refractivity contribution in [2.45, 2.75) is 65.5 Å². The van der Waals surface area contributed by atoms with Crippen molar-refractivity contribution in [1.82, 2.24) is 0 Å². The first-order valence-electron chi connectivity index (χ1n) is 30.0. The molecular weight excluding hydrogens is 1200 g/mol. The zero-order valence-electron chi connectivity index (χ0n) is 51.1. The molecule has 1 fully saturated rings. The van der Waals surface area contributed by atoms with Crippen LogP contribution in [0.2, 0.25) is 0 Å². The predicted octanol–water partition coefficient (Wildman–Crippen LogP) is 21.3. The lowest BCUT2D eigenvalue weighted by atomic mass is 9.79. The number of anilines is 1. The molecule has 0 N–H and O–H groups in total. The number of hydrogen-bond donors (Lipinski definition) is 0. The summed E-state index contributed by atoms with van der Waals surface area (Å²) < 4.78 is 188. The van der Waals surface area contributed by atoms with Crippen LogP contribution in [0.25, 0.3) is 99.4 Å². The van der Waals surface area contributed by atoms with Crippen molar-refractivity contribution >= 4 is 27.2 Å². The lowest BCUT2D eigenvalue weighted by Gasteiger charge is -2.46. The van der Waals surface area contributed by atoms with Gasteiger partial charge in [-0.05, 0) is 208 Å². The molecule has 15 heteroatoms. The first-order chi connectivity index (χ1) is 43.7. The van der Waals surface area contributed by atoms with Gasteiger partial charge in [-0.1, -0.05) is 90.1 Å². The lowest BCUT2D eigenvalue weighted by Crippen LogP contribution is -2.58. The van der Waals surface area contributed by atoms with Crippen molar-refractivity contribution in [1.29, 1.82) is 0 Å². The molecule has 0 unspecified atom stereocenters. The standard InChI is InChI=1S/C77H59F12N2O/c1-76(2,3)59-36-52(37-60(75(59)92-7)77(4,5)6)90-16-18-91(19-17-90)38-57-55(50-22-42(46-28-61(78)71(86)62(79)29-46)20-43(23-50)47-30-63(80)72(87)64(81)31-47)26-40-12-8-10-14-53(40)69(57)70-54-15-11-9-13-41(54)27-56(58(70)39-91)51-24-44(48-32-65(82)73(88)66(83)33-48)21-45(25-51)49-34-67(84)74(89)68(85)35-49/h8-15,20-37H,16-19,38-39H2,1-7H3/q+1. The van der Waals surface area contributed by atoms with E-state index in [0.29, 0.717) is 66.0 Å². The van der Waals surface area contributed by atoms with Crippen LogP contribution in [0.15, 0.2) is 158 Å². The van der Waals surface area contributed by atoms with Crippen LogP contribution in [-0.4, -0.2) is 37.8 Å². The van der Waals surface area contributed by atoms with Gasteiger partial charge in [0.2, 0.25) is 0 Å². The molecule has 3 nitrogen and oxygen atoms in total. The van der Waals surface area contributed by atoms with E-state index in [0.717, 1.165) is 115 Å². The molecule has 0 atom stereocenters. The number of nitrogens with zero attached hydrogens (tertiary/aromatic N) is 2. The molecule has 11 aromatic rings. The Hall–Kier alpha value is -9.34. The van der Waals surface area contributed by atoms with Crippen LogP contribution in [0.3, 0.4) is 0 Å². The predicted molar refractivity (Wildman–Crippen MR) is 339 cm³/mol. The second kappa shape index (κ2) is 22.8. The van der Waals surface area contributed by atoms with Gasteiger partial charge in [0.15, 0.2) is 69.8 Å². The zero-order chi connectivity index (χ0) is 65.2. The van der Waals surface area contributed by atoms with Gasteiger partial charge in [0.25, 0.3) is 0 Å². The number of benzene rings is 11. The van der Waals surface area contributed by atoms with E-state index in [1.54, 1.807) is 31.4 Å². The number of ether oxygens (including phenoxy) is 1. The summed E-state index contributed by atoms with van der Waals surface area (Å²) in [4.78, 5) is 2.36. The van der Waals surface area contributed by atoms with Crippen LogP contribution in [0.1, 0.15) is 63.8 Å². The third-order valence-electron chi connectivity index (χ3n) is 18.3. The molecule has 466 valence electrons. The first-order valence-corrected chi connectivity index (χ1v) is 30.0. The molecule has 0 amide bonds. The summed E-state index contributed by atoms with van der Waals surface area (Å²) in [6.07, 6.45) is 0. The van der Waals surface area contributed by atoms with Crippen LogP contribution >= 0.6 is 0 Å². The van der Waals surface area contributed by atoms with Crippen LogP contribution < -0.4 is 9.64 Å². The van der Waals surface area contributed by atoms with Crippen LogP contribution in [0.4, 0.5) is 58.4 Å². The Morgan fingerprint density at radius 2 is 0.641 bits per heavy atom. The maximum atomic E-state index is 15.4. The topological polar surface area (TPSA) is 12.5 Å². The Morgan fingerprint density at radius 3 is 0.935 bits per heavy atom. The third kappa shape index (κ3) is 10.9. The normalized spacial score (nSPS) is 14.1. The lowest BCUT2D eigenvalue weighted by molar-refractivity contribution is -0.953. The number of hydrogen-bond acceptors (Lipinski definition) is 2. The highest BCUT2D eigenvalue weighted by molar-refractivity contribution is 6.12. The Bertz CT molecular complexity index is 4350. The Morgan fingerprint density at radius 1 is 0.359 bits per heavy atom. The van der Waals surface area contributed by atoms with Gasteiger partial charge in [-0.3, -0.25) is 0 Å². The highest BCUT2D eigenvalue weighted by Gasteiger charge is 2.42. The Labute approximate surface area is 524 Å². The number of methoxy groups -OCH3 is 1. The monoisotopic (exact) mass is 1260 g/mol. The Balaban J connectivity index is 1.12. The van der Waals surface area contributed by atoms with E-state index in [-0.39, 0.29) is 55.3 Å². The van der Waals surface area contributed by atoms with Crippen molar-refractivity contribution in [3.05, 3.63) is 250 Å². The summed E-state index contributed by atoms with van der Waals surface area (Å²) in [5, 5.41) is 3.03. The summed E-state index contributed by atoms with van der Waals surface area (Å²) in [5.74, 6) is -17.9. The Kier molecular flexibility index (Phi) is 15.2. The van der Waals surface area contributed by atoms with Gasteiger partial charge in [0.1, 0.15) is 18.8 Å². The summed E-state index contributed by atoms with van der Waals surface area (Å²) in [6, 6.07) is 39.8. The molecule has 1 spiro atoms.